The second-order valence-corrected chi connectivity index (χ2v) is 5.92. The van der Waals surface area contributed by atoms with Gasteiger partial charge in [0.05, 0.1) is 11.5 Å². The zero-order valence-electron chi connectivity index (χ0n) is 11.4. The van der Waals surface area contributed by atoms with Gasteiger partial charge in [-0.05, 0) is 57.1 Å². The van der Waals surface area contributed by atoms with Crippen molar-refractivity contribution in [3.63, 3.8) is 0 Å². The number of ether oxygens (including phenoxy) is 1. The van der Waals surface area contributed by atoms with Crippen LogP contribution in [0.4, 0.5) is 0 Å². The summed E-state index contributed by atoms with van der Waals surface area (Å²) >= 11 is 6.55. The van der Waals surface area contributed by atoms with Crippen LogP contribution in [0.1, 0.15) is 54.2 Å². The first-order chi connectivity index (χ1) is 8.66. The molecule has 0 N–H and O–H groups in total. The third kappa shape index (κ3) is 3.73. The molecule has 1 saturated heterocycles. The topological polar surface area (TPSA) is 9.23 Å². The quantitative estimate of drug-likeness (QED) is 0.702. The maximum Gasteiger partial charge on any atom is 0.0588 e. The Labute approximate surface area is 115 Å². The van der Waals surface area contributed by atoms with Crippen LogP contribution in [0.5, 0.6) is 0 Å². The SMILES string of the molecule is Cc1ccc(C)c(C(Cl)CCC2CCCCO2)c1. The maximum atomic E-state index is 6.55. The van der Waals surface area contributed by atoms with Gasteiger partial charge in [0.25, 0.3) is 0 Å². The van der Waals surface area contributed by atoms with E-state index >= 15 is 0 Å². The molecule has 0 spiro atoms. The van der Waals surface area contributed by atoms with E-state index < -0.39 is 0 Å². The van der Waals surface area contributed by atoms with Gasteiger partial charge >= 0.3 is 0 Å². The van der Waals surface area contributed by atoms with Crippen LogP contribution < -0.4 is 0 Å². The third-order valence-electron chi connectivity index (χ3n) is 3.79. The van der Waals surface area contributed by atoms with Gasteiger partial charge in [-0.2, -0.15) is 0 Å². The van der Waals surface area contributed by atoms with Crippen molar-refractivity contribution >= 4 is 11.6 Å². The standard InChI is InChI=1S/C16H23ClO/c1-12-6-7-13(2)15(11-12)16(17)9-8-14-5-3-4-10-18-14/h6-7,11,14,16H,3-5,8-10H2,1-2H3. The molecule has 0 aromatic heterocycles. The van der Waals surface area contributed by atoms with Crippen molar-refractivity contribution in [2.24, 2.45) is 0 Å². The fraction of sp³-hybridized carbons (Fsp3) is 0.625. The van der Waals surface area contributed by atoms with Gasteiger partial charge in [-0.25, -0.2) is 0 Å². The van der Waals surface area contributed by atoms with Crippen LogP contribution in [-0.4, -0.2) is 12.7 Å². The predicted octanol–water partition coefficient (Wildman–Crippen LogP) is 4.93. The molecule has 0 bridgehead atoms. The Morgan fingerprint density at radius 3 is 2.89 bits per heavy atom. The van der Waals surface area contributed by atoms with Crippen molar-refractivity contribution in [1.82, 2.24) is 0 Å². The van der Waals surface area contributed by atoms with Gasteiger partial charge < -0.3 is 4.74 Å². The molecule has 0 aliphatic carbocycles. The van der Waals surface area contributed by atoms with Crippen molar-refractivity contribution in [3.8, 4) is 0 Å². The van der Waals surface area contributed by atoms with E-state index in [1.54, 1.807) is 0 Å². The van der Waals surface area contributed by atoms with E-state index in [9.17, 15) is 0 Å². The number of aryl methyl sites for hydroxylation is 2. The highest BCUT2D eigenvalue weighted by atomic mass is 35.5. The Balaban J connectivity index is 1.90. The van der Waals surface area contributed by atoms with Crippen LogP contribution in [0.15, 0.2) is 18.2 Å². The number of hydrogen-bond donors (Lipinski definition) is 0. The summed E-state index contributed by atoms with van der Waals surface area (Å²) in [6.07, 6.45) is 6.26. The number of halogens is 1. The first-order valence-corrected chi connectivity index (χ1v) is 7.43. The molecule has 2 atom stereocenters. The molecule has 2 rings (SSSR count). The van der Waals surface area contributed by atoms with E-state index in [1.807, 2.05) is 0 Å². The molecule has 1 aliphatic heterocycles. The summed E-state index contributed by atoms with van der Waals surface area (Å²) in [6.45, 7) is 5.19. The van der Waals surface area contributed by atoms with E-state index in [0.29, 0.717) is 6.10 Å². The second kappa shape index (κ2) is 6.58. The summed E-state index contributed by atoms with van der Waals surface area (Å²) < 4.78 is 5.76. The molecule has 1 aromatic rings. The van der Waals surface area contributed by atoms with Crippen LogP contribution >= 0.6 is 11.6 Å². The van der Waals surface area contributed by atoms with Crippen molar-refractivity contribution < 1.29 is 4.74 Å². The van der Waals surface area contributed by atoms with Crippen molar-refractivity contribution in [2.45, 2.75) is 57.4 Å². The number of alkyl halides is 1. The van der Waals surface area contributed by atoms with E-state index in [-0.39, 0.29) is 5.38 Å². The lowest BCUT2D eigenvalue weighted by atomic mass is 9.97. The van der Waals surface area contributed by atoms with Gasteiger partial charge in [-0.15, -0.1) is 11.6 Å². The molecular weight excluding hydrogens is 244 g/mol. The molecule has 1 heterocycles. The van der Waals surface area contributed by atoms with Crippen molar-refractivity contribution in [2.75, 3.05) is 6.61 Å². The lowest BCUT2D eigenvalue weighted by molar-refractivity contribution is 0.01000. The van der Waals surface area contributed by atoms with Gasteiger partial charge in [0.2, 0.25) is 0 Å². The zero-order valence-corrected chi connectivity index (χ0v) is 12.2. The molecule has 100 valence electrons. The Hall–Kier alpha value is -0.530. The summed E-state index contributed by atoms with van der Waals surface area (Å²) in [4.78, 5) is 0. The summed E-state index contributed by atoms with van der Waals surface area (Å²) in [5, 5.41) is 0.121. The van der Waals surface area contributed by atoms with Gasteiger partial charge in [-0.1, -0.05) is 23.8 Å². The molecule has 1 aromatic carbocycles. The molecule has 1 aliphatic rings. The number of rotatable bonds is 4. The molecule has 0 saturated carbocycles. The van der Waals surface area contributed by atoms with Crippen LogP contribution in [0.25, 0.3) is 0 Å². The van der Waals surface area contributed by atoms with E-state index in [4.69, 9.17) is 16.3 Å². The molecule has 1 nitrogen and oxygen atoms in total. The minimum atomic E-state index is 0.121. The maximum absolute atomic E-state index is 6.55. The molecule has 2 heteroatoms. The van der Waals surface area contributed by atoms with Gasteiger partial charge in [0.15, 0.2) is 0 Å². The molecule has 18 heavy (non-hydrogen) atoms. The molecule has 2 unspecified atom stereocenters. The van der Waals surface area contributed by atoms with E-state index in [0.717, 1.165) is 19.4 Å². The normalized spacial score (nSPS) is 21.8. The number of hydrogen-bond acceptors (Lipinski definition) is 1. The molecule has 1 fully saturated rings. The minimum absolute atomic E-state index is 0.121. The van der Waals surface area contributed by atoms with Crippen molar-refractivity contribution in [1.29, 1.82) is 0 Å². The van der Waals surface area contributed by atoms with Gasteiger partial charge in [-0.3, -0.25) is 0 Å². The summed E-state index contributed by atoms with van der Waals surface area (Å²) in [5.41, 5.74) is 3.87. The zero-order chi connectivity index (χ0) is 13.0. The van der Waals surface area contributed by atoms with Crippen LogP contribution in [-0.2, 0) is 4.74 Å². The highest BCUT2D eigenvalue weighted by Gasteiger charge is 2.17. The Morgan fingerprint density at radius 2 is 2.17 bits per heavy atom. The summed E-state index contributed by atoms with van der Waals surface area (Å²) in [6, 6.07) is 6.53. The predicted molar refractivity (Wildman–Crippen MR) is 77.3 cm³/mol. The van der Waals surface area contributed by atoms with Gasteiger partial charge in [0, 0.05) is 6.61 Å². The first kappa shape index (κ1) is 13.9. The monoisotopic (exact) mass is 266 g/mol. The van der Waals surface area contributed by atoms with Crippen LogP contribution in [0, 0.1) is 13.8 Å². The van der Waals surface area contributed by atoms with Crippen LogP contribution in [0.2, 0.25) is 0 Å². The fourth-order valence-electron chi connectivity index (χ4n) is 2.62. The first-order valence-electron chi connectivity index (χ1n) is 6.99. The van der Waals surface area contributed by atoms with Crippen LogP contribution in [0.3, 0.4) is 0 Å². The average Bonchev–Trinajstić information content (AvgIpc) is 2.40. The highest BCUT2D eigenvalue weighted by Crippen LogP contribution is 2.31. The average molecular weight is 267 g/mol. The molecule has 0 amide bonds. The summed E-state index contributed by atoms with van der Waals surface area (Å²) in [7, 11) is 0. The Kier molecular flexibility index (Phi) is 5.08. The number of benzene rings is 1. The fourth-order valence-corrected chi connectivity index (χ4v) is 2.98. The van der Waals surface area contributed by atoms with Crippen molar-refractivity contribution in [3.05, 3.63) is 34.9 Å². The lowest BCUT2D eigenvalue weighted by Crippen LogP contribution is -2.19. The smallest absolute Gasteiger partial charge is 0.0588 e. The molecule has 0 radical (unpaired) electrons. The Bertz CT molecular complexity index is 383. The van der Waals surface area contributed by atoms with E-state index in [2.05, 4.69) is 32.0 Å². The third-order valence-corrected chi connectivity index (χ3v) is 4.24. The summed E-state index contributed by atoms with van der Waals surface area (Å²) in [5.74, 6) is 0. The molecular formula is C16H23ClO. The second-order valence-electron chi connectivity index (χ2n) is 5.39. The lowest BCUT2D eigenvalue weighted by Gasteiger charge is -2.23. The Morgan fingerprint density at radius 1 is 1.33 bits per heavy atom. The minimum Gasteiger partial charge on any atom is -0.378 e. The highest BCUT2D eigenvalue weighted by molar-refractivity contribution is 6.20. The largest absolute Gasteiger partial charge is 0.378 e. The van der Waals surface area contributed by atoms with Gasteiger partial charge in [0.1, 0.15) is 0 Å². The van der Waals surface area contributed by atoms with E-state index in [1.165, 1.54) is 36.0 Å².